The van der Waals surface area contributed by atoms with Crippen molar-refractivity contribution in [1.82, 2.24) is 15.5 Å². The highest BCUT2D eigenvalue weighted by Crippen LogP contribution is 2.17. The maximum absolute atomic E-state index is 11.8. The summed E-state index contributed by atoms with van der Waals surface area (Å²) < 4.78 is 10.8. The summed E-state index contributed by atoms with van der Waals surface area (Å²) in [6, 6.07) is 11.7. The maximum Gasteiger partial charge on any atom is 0.412 e. The van der Waals surface area contributed by atoms with Crippen molar-refractivity contribution in [3.8, 4) is 0 Å². The van der Waals surface area contributed by atoms with Crippen molar-refractivity contribution in [3.05, 3.63) is 54.0 Å². The van der Waals surface area contributed by atoms with Crippen LogP contribution in [0.1, 0.15) is 38.1 Å². The number of hydrogen-bond donors (Lipinski definition) is 3. The molecule has 1 aromatic heterocycles. The fourth-order valence-corrected chi connectivity index (χ4v) is 2.93. The molecule has 1 aromatic carbocycles. The summed E-state index contributed by atoms with van der Waals surface area (Å²) in [5.74, 6) is 1.65. The maximum atomic E-state index is 11.8. The number of nitrogens with zero attached hydrogens (tertiary/aromatic N) is 2. The van der Waals surface area contributed by atoms with Crippen molar-refractivity contribution < 1.29 is 13.9 Å². The van der Waals surface area contributed by atoms with Gasteiger partial charge in [-0.25, -0.2) is 4.79 Å². The van der Waals surface area contributed by atoms with Gasteiger partial charge in [-0.3, -0.25) is 15.2 Å². The van der Waals surface area contributed by atoms with E-state index in [1.165, 1.54) is 0 Å². The Morgan fingerprint density at radius 3 is 2.42 bits per heavy atom. The molecule has 8 nitrogen and oxygen atoms in total. The Morgan fingerprint density at radius 1 is 1.16 bits per heavy atom. The lowest BCUT2D eigenvalue weighted by atomic mass is 10.1. The van der Waals surface area contributed by atoms with E-state index in [4.69, 9.17) is 9.15 Å². The number of rotatable bonds is 8. The zero-order valence-corrected chi connectivity index (χ0v) is 19.4. The smallest absolute Gasteiger partial charge is 0.412 e. The molecule has 0 aliphatic carbocycles. The summed E-state index contributed by atoms with van der Waals surface area (Å²) in [7, 11) is 5.79. The van der Waals surface area contributed by atoms with Gasteiger partial charge in [-0.15, -0.1) is 0 Å². The monoisotopic (exact) mass is 429 g/mol. The Morgan fingerprint density at radius 2 is 1.87 bits per heavy atom. The normalized spacial score (nSPS) is 13.1. The number of anilines is 1. The number of benzene rings is 1. The Hall–Kier alpha value is -3.00. The second-order valence-corrected chi connectivity index (χ2v) is 8.45. The predicted octanol–water partition coefficient (Wildman–Crippen LogP) is 3.64. The number of carbonyl (C=O) groups is 1. The molecule has 8 heteroatoms. The van der Waals surface area contributed by atoms with Gasteiger partial charge in [0.2, 0.25) is 0 Å². The van der Waals surface area contributed by atoms with Gasteiger partial charge in [0.1, 0.15) is 11.4 Å². The SMILES string of the molecule is CN=C(NCCc1ccc(NC(=O)OC(C)(C)C)cc1)NCC(c1ccco1)N(C)C. The summed E-state index contributed by atoms with van der Waals surface area (Å²) >= 11 is 0. The standard InChI is InChI=1S/C23H35N5O3/c1-23(2,3)31-22(29)27-18-11-9-17(10-12-18)13-14-25-21(24-4)26-16-19(28(5)6)20-8-7-15-30-20/h7-12,15,19H,13-14,16H2,1-6H3,(H,27,29)(H2,24,25,26). The molecular weight excluding hydrogens is 394 g/mol. The third-order valence-electron chi connectivity index (χ3n) is 4.49. The van der Waals surface area contributed by atoms with Gasteiger partial charge in [0.25, 0.3) is 0 Å². The number of amides is 1. The van der Waals surface area contributed by atoms with E-state index in [2.05, 4.69) is 25.8 Å². The van der Waals surface area contributed by atoms with Crippen molar-refractivity contribution in [2.75, 3.05) is 39.5 Å². The number of hydrogen-bond acceptors (Lipinski definition) is 5. The predicted molar refractivity (Wildman–Crippen MR) is 125 cm³/mol. The number of nitrogens with one attached hydrogen (secondary N) is 3. The molecule has 170 valence electrons. The highest BCUT2D eigenvalue weighted by Gasteiger charge is 2.17. The van der Waals surface area contributed by atoms with E-state index in [9.17, 15) is 4.79 Å². The minimum atomic E-state index is -0.521. The first-order chi connectivity index (χ1) is 14.7. The number of carbonyl (C=O) groups excluding carboxylic acids is 1. The number of likely N-dealkylation sites (N-methyl/N-ethyl adjacent to an activating group) is 1. The van der Waals surface area contributed by atoms with E-state index < -0.39 is 11.7 Å². The highest BCUT2D eigenvalue weighted by molar-refractivity contribution is 5.84. The van der Waals surface area contributed by atoms with Gasteiger partial charge in [-0.05, 0) is 71.1 Å². The molecule has 0 spiro atoms. The largest absolute Gasteiger partial charge is 0.468 e. The Bertz CT molecular complexity index is 824. The highest BCUT2D eigenvalue weighted by atomic mass is 16.6. The first kappa shape index (κ1) is 24.3. The molecule has 31 heavy (non-hydrogen) atoms. The van der Waals surface area contributed by atoms with Crippen molar-refractivity contribution in [2.45, 2.75) is 38.8 Å². The van der Waals surface area contributed by atoms with Gasteiger partial charge >= 0.3 is 6.09 Å². The zero-order valence-electron chi connectivity index (χ0n) is 19.4. The molecule has 0 fully saturated rings. The van der Waals surface area contributed by atoms with E-state index in [-0.39, 0.29) is 6.04 Å². The zero-order chi connectivity index (χ0) is 22.9. The van der Waals surface area contributed by atoms with Crippen LogP contribution in [-0.4, -0.2) is 56.8 Å². The van der Waals surface area contributed by atoms with Crippen LogP contribution in [0.25, 0.3) is 0 Å². The van der Waals surface area contributed by atoms with E-state index in [0.29, 0.717) is 12.2 Å². The lowest BCUT2D eigenvalue weighted by Gasteiger charge is -2.23. The topological polar surface area (TPSA) is 91.1 Å². The lowest BCUT2D eigenvalue weighted by molar-refractivity contribution is 0.0636. The fraction of sp³-hybridized carbons (Fsp3) is 0.478. The van der Waals surface area contributed by atoms with Crippen LogP contribution in [0, 0.1) is 0 Å². The van der Waals surface area contributed by atoms with Crippen molar-refractivity contribution >= 4 is 17.7 Å². The van der Waals surface area contributed by atoms with Gasteiger partial charge < -0.3 is 19.8 Å². The first-order valence-corrected chi connectivity index (χ1v) is 10.4. The molecular formula is C23H35N5O3. The molecule has 0 bridgehead atoms. The van der Waals surface area contributed by atoms with Crippen LogP contribution >= 0.6 is 0 Å². The molecule has 0 saturated heterocycles. The van der Waals surface area contributed by atoms with Gasteiger partial charge in [0, 0.05) is 25.8 Å². The molecule has 1 atom stereocenters. The Kier molecular flexibility index (Phi) is 8.93. The van der Waals surface area contributed by atoms with Crippen LogP contribution in [0.2, 0.25) is 0 Å². The summed E-state index contributed by atoms with van der Waals surface area (Å²) in [5, 5.41) is 9.42. The summed E-state index contributed by atoms with van der Waals surface area (Å²) in [5.41, 5.74) is 1.34. The van der Waals surface area contributed by atoms with Crippen LogP contribution in [-0.2, 0) is 11.2 Å². The molecule has 1 unspecified atom stereocenters. The Labute approximate surface area is 185 Å². The Balaban J connectivity index is 1.77. The fourth-order valence-electron chi connectivity index (χ4n) is 2.93. The van der Waals surface area contributed by atoms with E-state index in [1.54, 1.807) is 13.3 Å². The summed E-state index contributed by atoms with van der Waals surface area (Å²) in [6.07, 6.45) is 2.05. The van der Waals surface area contributed by atoms with Crippen molar-refractivity contribution in [3.63, 3.8) is 0 Å². The molecule has 0 radical (unpaired) electrons. The molecule has 1 amide bonds. The van der Waals surface area contributed by atoms with Crippen molar-refractivity contribution in [2.24, 2.45) is 4.99 Å². The van der Waals surface area contributed by atoms with Crippen LogP contribution < -0.4 is 16.0 Å². The van der Waals surface area contributed by atoms with Crippen LogP contribution in [0.5, 0.6) is 0 Å². The average Bonchev–Trinajstić information content (AvgIpc) is 3.20. The molecule has 3 N–H and O–H groups in total. The summed E-state index contributed by atoms with van der Waals surface area (Å²) in [6.45, 7) is 6.91. The second-order valence-electron chi connectivity index (χ2n) is 8.45. The van der Waals surface area contributed by atoms with Crippen molar-refractivity contribution in [1.29, 1.82) is 0 Å². The van der Waals surface area contributed by atoms with Gasteiger partial charge in [0.05, 0.1) is 12.3 Å². The van der Waals surface area contributed by atoms with Crippen LogP contribution in [0.3, 0.4) is 0 Å². The quantitative estimate of drug-likeness (QED) is 0.438. The molecule has 0 aliphatic heterocycles. The number of guanidine groups is 1. The second kappa shape index (κ2) is 11.4. The average molecular weight is 430 g/mol. The molecule has 1 heterocycles. The number of furan rings is 1. The third kappa shape index (κ3) is 8.72. The first-order valence-electron chi connectivity index (χ1n) is 10.4. The molecule has 0 aliphatic rings. The molecule has 2 rings (SSSR count). The van der Waals surface area contributed by atoms with Crippen LogP contribution in [0.4, 0.5) is 10.5 Å². The van der Waals surface area contributed by atoms with Gasteiger partial charge in [-0.1, -0.05) is 12.1 Å². The minimum Gasteiger partial charge on any atom is -0.468 e. The molecule has 0 saturated carbocycles. The van der Waals surface area contributed by atoms with Crippen LogP contribution in [0.15, 0.2) is 52.1 Å². The minimum absolute atomic E-state index is 0.110. The van der Waals surface area contributed by atoms with Gasteiger partial charge in [-0.2, -0.15) is 0 Å². The number of aliphatic imine (C=N–C) groups is 1. The van der Waals surface area contributed by atoms with E-state index >= 15 is 0 Å². The lowest BCUT2D eigenvalue weighted by Crippen LogP contribution is -2.42. The van der Waals surface area contributed by atoms with E-state index in [0.717, 1.165) is 30.2 Å². The third-order valence-corrected chi connectivity index (χ3v) is 4.49. The number of ether oxygens (including phenoxy) is 1. The summed E-state index contributed by atoms with van der Waals surface area (Å²) in [4.78, 5) is 18.2. The van der Waals surface area contributed by atoms with Gasteiger partial charge in [0.15, 0.2) is 5.96 Å². The van der Waals surface area contributed by atoms with E-state index in [1.807, 2.05) is 71.3 Å². The molecule has 2 aromatic rings.